The van der Waals surface area contributed by atoms with Gasteiger partial charge in [-0.05, 0) is 20.8 Å². The molecule has 0 rings (SSSR count). The molecule has 0 aromatic carbocycles. The van der Waals surface area contributed by atoms with Crippen LogP contribution in [0.1, 0.15) is 27.2 Å². The Hall–Kier alpha value is -1.30. The topological polar surface area (TPSA) is 87.1 Å². The maximum Gasteiger partial charge on any atom is 0.410 e. The normalized spacial score (nSPS) is 11.0. The van der Waals surface area contributed by atoms with Crippen molar-refractivity contribution in [2.45, 2.75) is 32.8 Å². The largest absolute Gasteiger partial charge is 0.481 e. The first-order chi connectivity index (χ1) is 7.26. The van der Waals surface area contributed by atoms with Gasteiger partial charge in [-0.25, -0.2) is 4.79 Å². The second-order valence-electron chi connectivity index (χ2n) is 4.33. The standard InChI is InChI=1S/C10H19NO5/c1-10(2,3)16-9(15)11(6-7-12)5-4-8(13)14/h12H,4-7H2,1-3H3,(H,13,14). The molecule has 0 aromatic heterocycles. The predicted octanol–water partition coefficient (Wildman–Crippen LogP) is 0.690. The highest BCUT2D eigenvalue weighted by atomic mass is 16.6. The number of rotatable bonds is 5. The Bertz CT molecular complexity index is 246. The lowest BCUT2D eigenvalue weighted by Gasteiger charge is -2.26. The maximum atomic E-state index is 11.6. The van der Waals surface area contributed by atoms with Gasteiger partial charge in [0.05, 0.1) is 13.0 Å². The van der Waals surface area contributed by atoms with Crippen LogP contribution in [-0.4, -0.2) is 52.5 Å². The molecule has 94 valence electrons. The number of carbonyl (C=O) groups excluding carboxylic acids is 1. The van der Waals surface area contributed by atoms with Crippen molar-refractivity contribution in [3.05, 3.63) is 0 Å². The van der Waals surface area contributed by atoms with Crippen molar-refractivity contribution in [2.24, 2.45) is 0 Å². The van der Waals surface area contributed by atoms with Crippen LogP contribution in [-0.2, 0) is 9.53 Å². The first-order valence-electron chi connectivity index (χ1n) is 5.07. The number of hydrogen-bond acceptors (Lipinski definition) is 4. The second-order valence-corrected chi connectivity index (χ2v) is 4.33. The van der Waals surface area contributed by atoms with E-state index >= 15 is 0 Å². The van der Waals surface area contributed by atoms with Crippen LogP contribution < -0.4 is 0 Å². The van der Waals surface area contributed by atoms with Crippen LogP contribution in [0.5, 0.6) is 0 Å². The molecule has 16 heavy (non-hydrogen) atoms. The van der Waals surface area contributed by atoms with Gasteiger partial charge in [0, 0.05) is 13.1 Å². The Morgan fingerprint density at radius 1 is 1.25 bits per heavy atom. The molecule has 0 radical (unpaired) electrons. The monoisotopic (exact) mass is 233 g/mol. The highest BCUT2D eigenvalue weighted by Crippen LogP contribution is 2.10. The van der Waals surface area contributed by atoms with Crippen LogP contribution in [0, 0.1) is 0 Å². The van der Waals surface area contributed by atoms with Crippen LogP contribution in [0.2, 0.25) is 0 Å². The van der Waals surface area contributed by atoms with Crippen molar-refractivity contribution >= 4 is 12.1 Å². The Balaban J connectivity index is 4.29. The van der Waals surface area contributed by atoms with Gasteiger partial charge in [-0.15, -0.1) is 0 Å². The van der Waals surface area contributed by atoms with E-state index in [1.807, 2.05) is 0 Å². The number of carboxylic acid groups (broad SMARTS) is 1. The molecule has 0 aliphatic heterocycles. The van der Waals surface area contributed by atoms with Gasteiger partial charge in [0.25, 0.3) is 0 Å². The third-order valence-corrected chi connectivity index (χ3v) is 1.62. The van der Waals surface area contributed by atoms with Crippen LogP contribution >= 0.6 is 0 Å². The van der Waals surface area contributed by atoms with Crippen molar-refractivity contribution in [1.29, 1.82) is 0 Å². The number of nitrogens with zero attached hydrogens (tertiary/aromatic N) is 1. The quantitative estimate of drug-likeness (QED) is 0.729. The fourth-order valence-electron chi connectivity index (χ4n) is 0.972. The summed E-state index contributed by atoms with van der Waals surface area (Å²) >= 11 is 0. The van der Waals surface area contributed by atoms with Gasteiger partial charge in [-0.1, -0.05) is 0 Å². The van der Waals surface area contributed by atoms with Gasteiger partial charge >= 0.3 is 12.1 Å². The van der Waals surface area contributed by atoms with Crippen LogP contribution in [0.25, 0.3) is 0 Å². The van der Waals surface area contributed by atoms with Gasteiger partial charge in [-0.2, -0.15) is 0 Å². The molecule has 0 heterocycles. The molecule has 0 bridgehead atoms. The van der Waals surface area contributed by atoms with Crippen molar-refractivity contribution in [1.82, 2.24) is 4.90 Å². The minimum atomic E-state index is -0.994. The van der Waals surface area contributed by atoms with Gasteiger partial charge < -0.3 is 19.8 Å². The summed E-state index contributed by atoms with van der Waals surface area (Å²) in [6.07, 6.45) is -0.776. The molecule has 0 atom stereocenters. The van der Waals surface area contributed by atoms with Crippen LogP contribution in [0.3, 0.4) is 0 Å². The molecule has 6 nitrogen and oxygen atoms in total. The van der Waals surface area contributed by atoms with Crippen LogP contribution in [0.4, 0.5) is 4.79 Å². The lowest BCUT2D eigenvalue weighted by atomic mass is 10.2. The molecular weight excluding hydrogens is 214 g/mol. The Morgan fingerprint density at radius 3 is 2.19 bits per heavy atom. The zero-order valence-electron chi connectivity index (χ0n) is 9.89. The number of aliphatic hydroxyl groups excluding tert-OH is 1. The third-order valence-electron chi connectivity index (χ3n) is 1.62. The number of aliphatic carboxylic acids is 1. The second kappa shape index (κ2) is 6.32. The highest BCUT2D eigenvalue weighted by Gasteiger charge is 2.21. The van der Waals surface area contributed by atoms with Crippen LogP contribution in [0.15, 0.2) is 0 Å². The van der Waals surface area contributed by atoms with E-state index in [1.165, 1.54) is 4.90 Å². The molecule has 0 fully saturated rings. The van der Waals surface area contributed by atoms with Crippen molar-refractivity contribution < 1.29 is 24.5 Å². The summed E-state index contributed by atoms with van der Waals surface area (Å²) in [7, 11) is 0. The number of carbonyl (C=O) groups is 2. The summed E-state index contributed by atoms with van der Waals surface area (Å²) in [5.74, 6) is -0.994. The van der Waals surface area contributed by atoms with E-state index in [-0.39, 0.29) is 26.1 Å². The summed E-state index contributed by atoms with van der Waals surface area (Å²) < 4.78 is 5.07. The Labute approximate surface area is 94.8 Å². The molecule has 0 saturated carbocycles. The van der Waals surface area contributed by atoms with Crippen molar-refractivity contribution in [3.8, 4) is 0 Å². The average Bonchev–Trinajstić information content (AvgIpc) is 2.08. The number of amides is 1. The van der Waals surface area contributed by atoms with E-state index in [1.54, 1.807) is 20.8 Å². The Morgan fingerprint density at radius 2 is 1.81 bits per heavy atom. The van der Waals surface area contributed by atoms with E-state index < -0.39 is 17.7 Å². The molecule has 0 aliphatic carbocycles. The molecule has 0 spiro atoms. The molecule has 6 heteroatoms. The van der Waals surface area contributed by atoms with Gasteiger partial charge in [0.2, 0.25) is 0 Å². The predicted molar refractivity (Wildman–Crippen MR) is 57.1 cm³/mol. The van der Waals surface area contributed by atoms with Gasteiger partial charge in [0.15, 0.2) is 0 Å². The number of aliphatic hydroxyl groups is 1. The summed E-state index contributed by atoms with van der Waals surface area (Å²) in [5.41, 5.74) is -0.631. The summed E-state index contributed by atoms with van der Waals surface area (Å²) in [4.78, 5) is 23.1. The Kier molecular flexibility index (Phi) is 5.81. The smallest absolute Gasteiger partial charge is 0.410 e. The van der Waals surface area contributed by atoms with E-state index in [0.717, 1.165) is 0 Å². The fourth-order valence-corrected chi connectivity index (χ4v) is 0.972. The first kappa shape index (κ1) is 14.7. The SMILES string of the molecule is CC(C)(C)OC(=O)N(CCO)CCC(=O)O. The molecule has 0 aromatic rings. The summed E-state index contributed by atoms with van der Waals surface area (Å²) in [5, 5.41) is 17.3. The molecule has 0 saturated heterocycles. The van der Waals surface area contributed by atoms with Gasteiger partial charge in [-0.3, -0.25) is 4.79 Å². The minimum Gasteiger partial charge on any atom is -0.481 e. The number of hydrogen-bond donors (Lipinski definition) is 2. The zero-order chi connectivity index (χ0) is 12.8. The fraction of sp³-hybridized carbons (Fsp3) is 0.800. The van der Waals surface area contributed by atoms with Crippen molar-refractivity contribution in [2.75, 3.05) is 19.7 Å². The maximum absolute atomic E-state index is 11.6. The molecular formula is C10H19NO5. The highest BCUT2D eigenvalue weighted by molar-refractivity contribution is 5.70. The zero-order valence-corrected chi connectivity index (χ0v) is 9.89. The van der Waals surface area contributed by atoms with Crippen molar-refractivity contribution in [3.63, 3.8) is 0 Å². The van der Waals surface area contributed by atoms with E-state index in [9.17, 15) is 9.59 Å². The molecule has 0 aliphatic rings. The van der Waals surface area contributed by atoms with E-state index in [0.29, 0.717) is 0 Å². The number of carboxylic acids is 1. The third kappa shape index (κ3) is 7.05. The first-order valence-corrected chi connectivity index (χ1v) is 5.07. The number of ether oxygens (including phenoxy) is 1. The average molecular weight is 233 g/mol. The minimum absolute atomic E-state index is 0.0325. The lowest BCUT2D eigenvalue weighted by molar-refractivity contribution is -0.137. The molecule has 1 amide bonds. The molecule has 2 N–H and O–H groups in total. The van der Waals surface area contributed by atoms with E-state index in [4.69, 9.17) is 14.9 Å². The van der Waals surface area contributed by atoms with E-state index in [2.05, 4.69) is 0 Å². The van der Waals surface area contributed by atoms with Gasteiger partial charge in [0.1, 0.15) is 5.60 Å². The summed E-state index contributed by atoms with van der Waals surface area (Å²) in [6.45, 7) is 5.05. The molecule has 0 unspecified atom stereocenters. The summed E-state index contributed by atoms with van der Waals surface area (Å²) in [6, 6.07) is 0. The lowest BCUT2D eigenvalue weighted by Crippen LogP contribution is -2.39.